The number of hydrogen-bond acceptors (Lipinski definition) is 3. The first-order valence-electron chi connectivity index (χ1n) is 10.2. The van der Waals surface area contributed by atoms with Gasteiger partial charge in [0, 0.05) is 42.6 Å². The third-order valence-corrected chi connectivity index (χ3v) is 5.67. The molecular weight excluding hydrogens is 360 g/mol. The van der Waals surface area contributed by atoms with Crippen molar-refractivity contribution in [3.63, 3.8) is 0 Å². The van der Waals surface area contributed by atoms with E-state index in [1.54, 1.807) is 0 Å². The Bertz CT molecular complexity index is 995. The van der Waals surface area contributed by atoms with E-state index in [2.05, 4.69) is 65.5 Å². The van der Waals surface area contributed by atoms with Gasteiger partial charge in [-0.3, -0.25) is 9.48 Å². The van der Waals surface area contributed by atoms with Crippen LogP contribution in [0.3, 0.4) is 0 Å². The topological polar surface area (TPSA) is 41.4 Å². The summed E-state index contributed by atoms with van der Waals surface area (Å²) >= 11 is 0. The number of amides is 1. The summed E-state index contributed by atoms with van der Waals surface area (Å²) in [7, 11) is 0. The molecule has 1 fully saturated rings. The molecule has 0 saturated carbocycles. The third kappa shape index (κ3) is 4.04. The Morgan fingerprint density at radius 1 is 1.03 bits per heavy atom. The first kappa shape index (κ1) is 19.2. The largest absolute Gasteiger partial charge is 0.367 e. The fourth-order valence-corrected chi connectivity index (χ4v) is 4.21. The predicted molar refractivity (Wildman–Crippen MR) is 117 cm³/mol. The first-order valence-corrected chi connectivity index (χ1v) is 10.2. The number of para-hydroxylation sites is 1. The van der Waals surface area contributed by atoms with Crippen LogP contribution in [-0.2, 0) is 11.3 Å². The van der Waals surface area contributed by atoms with E-state index in [9.17, 15) is 4.79 Å². The highest BCUT2D eigenvalue weighted by molar-refractivity contribution is 5.80. The lowest BCUT2D eigenvalue weighted by Crippen LogP contribution is -2.55. The summed E-state index contributed by atoms with van der Waals surface area (Å²) in [6.45, 7) is 8.78. The van der Waals surface area contributed by atoms with E-state index in [1.165, 1.54) is 16.8 Å². The fraction of sp³-hybridized carbons (Fsp3) is 0.333. The van der Waals surface area contributed by atoms with Crippen LogP contribution >= 0.6 is 0 Å². The quantitative estimate of drug-likeness (QED) is 0.681. The monoisotopic (exact) mass is 388 g/mol. The van der Waals surface area contributed by atoms with Gasteiger partial charge in [-0.25, -0.2) is 0 Å². The molecule has 1 atom stereocenters. The molecule has 1 amide bonds. The van der Waals surface area contributed by atoms with Crippen LogP contribution in [0.4, 0.5) is 5.69 Å². The average molecular weight is 389 g/mol. The summed E-state index contributed by atoms with van der Waals surface area (Å²) in [4.78, 5) is 17.3. The molecule has 0 aliphatic carbocycles. The van der Waals surface area contributed by atoms with Crippen LogP contribution in [0.5, 0.6) is 0 Å². The van der Waals surface area contributed by atoms with Gasteiger partial charge in [0.1, 0.15) is 6.54 Å². The second-order valence-electron chi connectivity index (χ2n) is 7.85. The normalized spacial score (nSPS) is 16.9. The Balaban J connectivity index is 1.49. The number of carbonyl (C=O) groups is 1. The number of piperazine rings is 1. The molecule has 5 nitrogen and oxygen atoms in total. The lowest BCUT2D eigenvalue weighted by atomic mass is 10.0. The number of rotatable bonds is 4. The van der Waals surface area contributed by atoms with Crippen LogP contribution < -0.4 is 4.90 Å². The van der Waals surface area contributed by atoms with E-state index >= 15 is 0 Å². The van der Waals surface area contributed by atoms with Crippen molar-refractivity contribution in [1.82, 2.24) is 14.7 Å². The molecule has 1 aliphatic rings. The Morgan fingerprint density at radius 3 is 2.45 bits per heavy atom. The van der Waals surface area contributed by atoms with Crippen LogP contribution in [0.15, 0.2) is 60.7 Å². The highest BCUT2D eigenvalue weighted by atomic mass is 16.2. The molecule has 29 heavy (non-hydrogen) atoms. The van der Waals surface area contributed by atoms with Gasteiger partial charge >= 0.3 is 0 Å². The van der Waals surface area contributed by atoms with Gasteiger partial charge in [0.05, 0.1) is 5.69 Å². The average Bonchev–Trinajstić information content (AvgIpc) is 3.05. The smallest absolute Gasteiger partial charge is 0.244 e. The number of nitrogens with zero attached hydrogens (tertiary/aromatic N) is 4. The summed E-state index contributed by atoms with van der Waals surface area (Å²) < 4.78 is 1.81. The summed E-state index contributed by atoms with van der Waals surface area (Å²) in [5.41, 5.74) is 5.67. The standard InChI is InChI=1S/C24H28N4O/c1-18-15-19(2)28(25-18)17-24(29)27-14-13-26(16-20(27)3)23-12-8-7-11-22(23)21-9-5-4-6-10-21/h4-12,15,20H,13-14,16-17H2,1-3H3/t20-/m0/s1. The highest BCUT2D eigenvalue weighted by Gasteiger charge is 2.28. The molecule has 1 aromatic heterocycles. The minimum absolute atomic E-state index is 0.139. The zero-order chi connectivity index (χ0) is 20.4. The van der Waals surface area contributed by atoms with Gasteiger partial charge in [-0.05, 0) is 38.5 Å². The van der Waals surface area contributed by atoms with Crippen LogP contribution in [-0.4, -0.2) is 46.3 Å². The van der Waals surface area contributed by atoms with Crippen molar-refractivity contribution in [2.75, 3.05) is 24.5 Å². The molecule has 1 aliphatic heterocycles. The van der Waals surface area contributed by atoms with E-state index in [-0.39, 0.29) is 11.9 Å². The Kier molecular flexibility index (Phi) is 5.38. The van der Waals surface area contributed by atoms with Gasteiger partial charge in [0.25, 0.3) is 0 Å². The Labute approximate surface area is 172 Å². The van der Waals surface area contributed by atoms with E-state index < -0.39 is 0 Å². The predicted octanol–water partition coefficient (Wildman–Crippen LogP) is 3.90. The van der Waals surface area contributed by atoms with E-state index in [1.807, 2.05) is 35.6 Å². The number of carbonyl (C=O) groups excluding carboxylic acids is 1. The van der Waals surface area contributed by atoms with E-state index in [4.69, 9.17) is 0 Å². The van der Waals surface area contributed by atoms with E-state index in [0.717, 1.165) is 31.0 Å². The van der Waals surface area contributed by atoms with Crippen molar-refractivity contribution in [3.8, 4) is 11.1 Å². The molecule has 3 aromatic rings. The zero-order valence-corrected chi connectivity index (χ0v) is 17.4. The van der Waals surface area contributed by atoms with Crippen LogP contribution in [0.25, 0.3) is 11.1 Å². The van der Waals surface area contributed by atoms with Gasteiger partial charge < -0.3 is 9.80 Å². The SMILES string of the molecule is Cc1cc(C)n(CC(=O)N2CCN(c3ccccc3-c3ccccc3)C[C@@H]2C)n1. The fourth-order valence-electron chi connectivity index (χ4n) is 4.21. The maximum atomic E-state index is 12.9. The third-order valence-electron chi connectivity index (χ3n) is 5.67. The van der Waals surface area contributed by atoms with Gasteiger partial charge in [-0.2, -0.15) is 5.10 Å². The molecule has 4 rings (SSSR count). The van der Waals surface area contributed by atoms with Crippen molar-refractivity contribution in [2.45, 2.75) is 33.4 Å². The maximum Gasteiger partial charge on any atom is 0.244 e. The number of hydrogen-bond donors (Lipinski definition) is 0. The molecule has 2 heterocycles. The molecule has 1 saturated heterocycles. The van der Waals surface area contributed by atoms with Gasteiger partial charge in [-0.1, -0.05) is 48.5 Å². The maximum absolute atomic E-state index is 12.9. The summed E-state index contributed by atoms with van der Waals surface area (Å²) in [6, 6.07) is 21.2. The van der Waals surface area contributed by atoms with Crippen LogP contribution in [0, 0.1) is 13.8 Å². The summed E-state index contributed by atoms with van der Waals surface area (Å²) in [6.07, 6.45) is 0. The second-order valence-corrected chi connectivity index (χ2v) is 7.85. The minimum atomic E-state index is 0.139. The molecule has 5 heteroatoms. The minimum Gasteiger partial charge on any atom is -0.367 e. The highest BCUT2D eigenvalue weighted by Crippen LogP contribution is 2.32. The number of anilines is 1. The Morgan fingerprint density at radius 2 is 1.76 bits per heavy atom. The first-order chi connectivity index (χ1) is 14.0. The summed E-state index contributed by atoms with van der Waals surface area (Å²) in [5.74, 6) is 0.139. The van der Waals surface area contributed by atoms with Crippen molar-refractivity contribution in [2.24, 2.45) is 0 Å². The lowest BCUT2D eigenvalue weighted by Gasteiger charge is -2.41. The summed E-state index contributed by atoms with van der Waals surface area (Å²) in [5, 5.41) is 4.44. The molecule has 0 radical (unpaired) electrons. The van der Waals surface area contributed by atoms with Crippen molar-refractivity contribution in [1.29, 1.82) is 0 Å². The van der Waals surface area contributed by atoms with Crippen molar-refractivity contribution >= 4 is 11.6 Å². The van der Waals surface area contributed by atoms with Crippen LogP contribution in [0.1, 0.15) is 18.3 Å². The molecule has 0 bridgehead atoms. The lowest BCUT2D eigenvalue weighted by molar-refractivity contribution is -0.134. The molecule has 0 spiro atoms. The Hall–Kier alpha value is -3.08. The molecule has 150 valence electrons. The molecular formula is C24H28N4O. The number of aromatic nitrogens is 2. The molecule has 0 unspecified atom stereocenters. The van der Waals surface area contributed by atoms with Crippen molar-refractivity contribution in [3.05, 3.63) is 72.1 Å². The second kappa shape index (κ2) is 8.11. The van der Waals surface area contributed by atoms with E-state index in [0.29, 0.717) is 6.54 Å². The number of aryl methyl sites for hydroxylation is 2. The molecule has 2 aromatic carbocycles. The molecule has 0 N–H and O–H groups in total. The van der Waals surface area contributed by atoms with Gasteiger partial charge in [0.15, 0.2) is 0 Å². The number of benzene rings is 2. The van der Waals surface area contributed by atoms with Gasteiger partial charge in [0.2, 0.25) is 5.91 Å². The van der Waals surface area contributed by atoms with Crippen molar-refractivity contribution < 1.29 is 4.79 Å². The zero-order valence-electron chi connectivity index (χ0n) is 17.4. The van der Waals surface area contributed by atoms with Gasteiger partial charge in [-0.15, -0.1) is 0 Å². The van der Waals surface area contributed by atoms with Crippen LogP contribution in [0.2, 0.25) is 0 Å².